The van der Waals surface area contributed by atoms with Gasteiger partial charge in [-0.25, -0.2) is 0 Å². The molecule has 13 heavy (non-hydrogen) atoms. The first kappa shape index (κ1) is 11.0. The fraction of sp³-hybridized carbons (Fsp3) is 1.00. The van der Waals surface area contributed by atoms with Crippen LogP contribution in [-0.2, 0) is 0 Å². The zero-order valence-electron chi connectivity index (χ0n) is 9.71. The lowest BCUT2D eigenvalue weighted by Crippen LogP contribution is -2.36. The topological polar surface area (TPSA) is 3.24 Å². The molecule has 1 nitrogen and oxygen atoms in total. The van der Waals surface area contributed by atoms with Crippen LogP contribution in [0.2, 0.25) is 0 Å². The summed E-state index contributed by atoms with van der Waals surface area (Å²) in [5, 5.41) is 0. The quantitative estimate of drug-likeness (QED) is 0.611. The standard InChI is InChI=1S/C12H25N/c1-5-8-13(4)12(10(2)3)9-11-6-7-11/h10-12H,5-9H2,1-4H3/t12-/m0/s1. The zero-order chi connectivity index (χ0) is 9.84. The highest BCUT2D eigenvalue weighted by atomic mass is 15.1. The van der Waals surface area contributed by atoms with E-state index in [1.807, 2.05) is 0 Å². The summed E-state index contributed by atoms with van der Waals surface area (Å²) in [6.07, 6.45) is 5.70. The maximum absolute atomic E-state index is 2.56. The molecule has 1 fully saturated rings. The highest BCUT2D eigenvalue weighted by Gasteiger charge is 2.28. The molecule has 1 aliphatic rings. The SMILES string of the molecule is CCCN(C)[C@@H](CC1CC1)C(C)C. The first-order valence-electron chi connectivity index (χ1n) is 5.85. The van der Waals surface area contributed by atoms with Crippen molar-refractivity contribution in [3.05, 3.63) is 0 Å². The molecule has 1 rings (SSSR count). The summed E-state index contributed by atoms with van der Waals surface area (Å²) < 4.78 is 0. The van der Waals surface area contributed by atoms with Crippen molar-refractivity contribution in [3.8, 4) is 0 Å². The molecule has 1 heteroatoms. The molecule has 0 spiro atoms. The Morgan fingerprint density at radius 3 is 2.31 bits per heavy atom. The summed E-state index contributed by atoms with van der Waals surface area (Å²) in [4.78, 5) is 2.56. The van der Waals surface area contributed by atoms with Crippen molar-refractivity contribution in [2.24, 2.45) is 11.8 Å². The molecule has 0 bridgehead atoms. The lowest BCUT2D eigenvalue weighted by molar-refractivity contribution is 0.175. The van der Waals surface area contributed by atoms with Crippen molar-refractivity contribution in [2.45, 2.75) is 52.5 Å². The molecule has 0 saturated heterocycles. The van der Waals surface area contributed by atoms with Crippen LogP contribution in [0.25, 0.3) is 0 Å². The van der Waals surface area contributed by atoms with Crippen LogP contribution >= 0.6 is 0 Å². The van der Waals surface area contributed by atoms with Crippen LogP contribution in [0.15, 0.2) is 0 Å². The number of rotatable bonds is 6. The molecule has 0 aromatic rings. The van der Waals surface area contributed by atoms with Gasteiger partial charge in [-0.15, -0.1) is 0 Å². The van der Waals surface area contributed by atoms with Gasteiger partial charge in [0, 0.05) is 6.04 Å². The fourth-order valence-corrected chi connectivity index (χ4v) is 2.17. The molecule has 0 aromatic carbocycles. The molecule has 0 unspecified atom stereocenters. The summed E-state index contributed by atoms with van der Waals surface area (Å²) in [5.41, 5.74) is 0. The average Bonchev–Trinajstić information content (AvgIpc) is 2.83. The predicted octanol–water partition coefficient (Wildman–Crippen LogP) is 3.15. The first-order valence-corrected chi connectivity index (χ1v) is 5.85. The third-order valence-corrected chi connectivity index (χ3v) is 3.18. The molecule has 0 aromatic heterocycles. The van der Waals surface area contributed by atoms with E-state index in [2.05, 4.69) is 32.7 Å². The lowest BCUT2D eigenvalue weighted by atomic mass is 9.97. The van der Waals surface area contributed by atoms with E-state index in [9.17, 15) is 0 Å². The van der Waals surface area contributed by atoms with Gasteiger partial charge in [0.2, 0.25) is 0 Å². The average molecular weight is 183 g/mol. The maximum atomic E-state index is 2.56. The predicted molar refractivity (Wildman–Crippen MR) is 58.9 cm³/mol. The van der Waals surface area contributed by atoms with Gasteiger partial charge in [-0.05, 0) is 38.3 Å². The van der Waals surface area contributed by atoms with E-state index in [1.165, 1.54) is 32.2 Å². The van der Waals surface area contributed by atoms with Crippen molar-refractivity contribution in [1.82, 2.24) is 4.90 Å². The molecular weight excluding hydrogens is 158 g/mol. The van der Waals surface area contributed by atoms with E-state index in [0.717, 1.165) is 17.9 Å². The third kappa shape index (κ3) is 3.68. The van der Waals surface area contributed by atoms with Gasteiger partial charge in [-0.1, -0.05) is 33.6 Å². The normalized spacial score (nSPS) is 19.8. The Hall–Kier alpha value is -0.0400. The largest absolute Gasteiger partial charge is 0.303 e. The van der Waals surface area contributed by atoms with Gasteiger partial charge in [-0.3, -0.25) is 0 Å². The first-order chi connectivity index (χ1) is 6.15. The number of nitrogens with zero attached hydrogens (tertiary/aromatic N) is 1. The molecule has 0 N–H and O–H groups in total. The van der Waals surface area contributed by atoms with Crippen LogP contribution in [-0.4, -0.2) is 24.5 Å². The minimum atomic E-state index is 0.817. The van der Waals surface area contributed by atoms with Gasteiger partial charge >= 0.3 is 0 Å². The molecule has 0 aliphatic heterocycles. The second-order valence-corrected chi connectivity index (χ2v) is 4.97. The second-order valence-electron chi connectivity index (χ2n) is 4.97. The van der Waals surface area contributed by atoms with Gasteiger partial charge in [0.15, 0.2) is 0 Å². The summed E-state index contributed by atoms with van der Waals surface area (Å²) in [6, 6.07) is 0.826. The third-order valence-electron chi connectivity index (χ3n) is 3.18. The van der Waals surface area contributed by atoms with E-state index in [4.69, 9.17) is 0 Å². The van der Waals surface area contributed by atoms with Crippen molar-refractivity contribution in [1.29, 1.82) is 0 Å². The van der Waals surface area contributed by atoms with E-state index >= 15 is 0 Å². The fourth-order valence-electron chi connectivity index (χ4n) is 2.17. The molecular formula is C12H25N. The highest BCUT2D eigenvalue weighted by Crippen LogP contribution is 2.36. The summed E-state index contributed by atoms with van der Waals surface area (Å²) >= 11 is 0. The highest BCUT2D eigenvalue weighted by molar-refractivity contribution is 4.82. The van der Waals surface area contributed by atoms with Crippen LogP contribution in [0.4, 0.5) is 0 Å². The van der Waals surface area contributed by atoms with Gasteiger partial charge in [0.1, 0.15) is 0 Å². The zero-order valence-corrected chi connectivity index (χ0v) is 9.71. The number of hydrogen-bond acceptors (Lipinski definition) is 1. The summed E-state index contributed by atoms with van der Waals surface area (Å²) in [7, 11) is 2.29. The Bertz CT molecular complexity index is 138. The van der Waals surface area contributed by atoms with Crippen molar-refractivity contribution < 1.29 is 0 Å². The molecule has 0 radical (unpaired) electrons. The Kier molecular flexibility index (Phi) is 4.24. The maximum Gasteiger partial charge on any atom is 0.0118 e. The Morgan fingerprint density at radius 1 is 1.31 bits per heavy atom. The van der Waals surface area contributed by atoms with Crippen LogP contribution in [0.1, 0.15) is 46.5 Å². The molecule has 1 saturated carbocycles. The van der Waals surface area contributed by atoms with Crippen LogP contribution < -0.4 is 0 Å². The van der Waals surface area contributed by atoms with Gasteiger partial charge < -0.3 is 4.90 Å². The minimum Gasteiger partial charge on any atom is -0.303 e. The van der Waals surface area contributed by atoms with Crippen molar-refractivity contribution >= 4 is 0 Å². The van der Waals surface area contributed by atoms with E-state index in [0.29, 0.717) is 0 Å². The van der Waals surface area contributed by atoms with E-state index in [-0.39, 0.29) is 0 Å². The monoisotopic (exact) mass is 183 g/mol. The number of hydrogen-bond donors (Lipinski definition) is 0. The van der Waals surface area contributed by atoms with Crippen LogP contribution in [0, 0.1) is 11.8 Å². The second kappa shape index (κ2) is 4.99. The van der Waals surface area contributed by atoms with Gasteiger partial charge in [0.25, 0.3) is 0 Å². The molecule has 0 amide bonds. The van der Waals surface area contributed by atoms with E-state index in [1.54, 1.807) is 0 Å². The molecule has 1 aliphatic carbocycles. The molecule has 78 valence electrons. The summed E-state index contributed by atoms with van der Waals surface area (Å²) in [5.74, 6) is 1.88. The molecule has 0 heterocycles. The Labute approximate surface area is 83.5 Å². The minimum absolute atomic E-state index is 0.817. The van der Waals surface area contributed by atoms with Gasteiger partial charge in [0.05, 0.1) is 0 Å². The summed E-state index contributed by atoms with van der Waals surface area (Å²) in [6.45, 7) is 8.25. The van der Waals surface area contributed by atoms with Crippen molar-refractivity contribution in [2.75, 3.05) is 13.6 Å². The van der Waals surface area contributed by atoms with Gasteiger partial charge in [-0.2, -0.15) is 0 Å². The van der Waals surface area contributed by atoms with Crippen LogP contribution in [0.5, 0.6) is 0 Å². The lowest BCUT2D eigenvalue weighted by Gasteiger charge is -2.31. The smallest absolute Gasteiger partial charge is 0.0118 e. The van der Waals surface area contributed by atoms with Crippen molar-refractivity contribution in [3.63, 3.8) is 0 Å². The molecule has 1 atom stereocenters. The van der Waals surface area contributed by atoms with Crippen LogP contribution in [0.3, 0.4) is 0 Å². The Balaban J connectivity index is 2.34. The van der Waals surface area contributed by atoms with E-state index < -0.39 is 0 Å². The Morgan fingerprint density at radius 2 is 1.92 bits per heavy atom.